The Balaban J connectivity index is 1.61. The minimum absolute atomic E-state index is 0.187. The van der Waals surface area contributed by atoms with Gasteiger partial charge in [-0.25, -0.2) is 0 Å². The summed E-state index contributed by atoms with van der Waals surface area (Å²) in [5, 5.41) is 4.04. The lowest BCUT2D eigenvalue weighted by Gasteiger charge is -2.39. The maximum absolute atomic E-state index is 13.1. The van der Waals surface area contributed by atoms with E-state index in [1.807, 2.05) is 24.3 Å². The topological polar surface area (TPSA) is 35.6 Å². The molecule has 30 heavy (non-hydrogen) atoms. The molecule has 1 saturated heterocycles. The zero-order chi connectivity index (χ0) is 21.3. The maximum atomic E-state index is 13.1. The van der Waals surface area contributed by atoms with Gasteiger partial charge in [0.15, 0.2) is 0 Å². The van der Waals surface area contributed by atoms with E-state index in [-0.39, 0.29) is 11.9 Å². The predicted molar refractivity (Wildman–Crippen MR) is 124 cm³/mol. The van der Waals surface area contributed by atoms with Gasteiger partial charge in [-0.3, -0.25) is 9.69 Å². The Morgan fingerprint density at radius 1 is 1.07 bits per heavy atom. The fourth-order valence-electron chi connectivity index (χ4n) is 4.01. The average molecular weight is 428 g/mol. The molecular formula is C25H34ClN3O. The molecule has 1 fully saturated rings. The Labute approximate surface area is 186 Å². The third-order valence-corrected chi connectivity index (χ3v) is 5.91. The van der Waals surface area contributed by atoms with E-state index in [9.17, 15) is 4.79 Å². The van der Waals surface area contributed by atoms with Gasteiger partial charge in [-0.05, 0) is 48.6 Å². The van der Waals surface area contributed by atoms with Crippen LogP contribution in [0.2, 0.25) is 5.02 Å². The third-order valence-electron chi connectivity index (χ3n) is 5.66. The summed E-state index contributed by atoms with van der Waals surface area (Å²) in [5.74, 6) is 0.718. The second-order valence-electron chi connectivity index (χ2n) is 8.67. The Morgan fingerprint density at radius 3 is 2.37 bits per heavy atom. The molecule has 0 aliphatic carbocycles. The average Bonchev–Trinajstić information content (AvgIpc) is 2.74. The molecule has 0 radical (unpaired) electrons. The SMILES string of the molecule is CC(C)CNCC(=O)N(Cc1ccc(Cl)cc1)C1CCN(Cc2ccccc2)CC1. The molecule has 2 aromatic carbocycles. The van der Waals surface area contributed by atoms with Gasteiger partial charge in [-0.2, -0.15) is 0 Å². The number of hydrogen-bond acceptors (Lipinski definition) is 3. The number of carbonyl (C=O) groups excluding carboxylic acids is 1. The van der Waals surface area contributed by atoms with E-state index in [0.717, 1.165) is 49.6 Å². The number of carbonyl (C=O) groups is 1. The fraction of sp³-hybridized carbons (Fsp3) is 0.480. The number of halogens is 1. The van der Waals surface area contributed by atoms with Crippen molar-refractivity contribution in [3.8, 4) is 0 Å². The van der Waals surface area contributed by atoms with Crippen molar-refractivity contribution in [2.75, 3.05) is 26.2 Å². The van der Waals surface area contributed by atoms with Crippen LogP contribution in [0.1, 0.15) is 37.8 Å². The van der Waals surface area contributed by atoms with Crippen molar-refractivity contribution >= 4 is 17.5 Å². The van der Waals surface area contributed by atoms with Gasteiger partial charge in [0, 0.05) is 37.2 Å². The molecule has 1 amide bonds. The van der Waals surface area contributed by atoms with E-state index < -0.39 is 0 Å². The van der Waals surface area contributed by atoms with Gasteiger partial charge in [0.05, 0.1) is 6.54 Å². The molecule has 0 atom stereocenters. The van der Waals surface area contributed by atoms with Crippen LogP contribution in [0.3, 0.4) is 0 Å². The van der Waals surface area contributed by atoms with Crippen LogP contribution in [0.15, 0.2) is 54.6 Å². The van der Waals surface area contributed by atoms with Crippen molar-refractivity contribution in [3.05, 3.63) is 70.7 Å². The zero-order valence-electron chi connectivity index (χ0n) is 18.2. The van der Waals surface area contributed by atoms with Crippen molar-refractivity contribution in [1.82, 2.24) is 15.1 Å². The van der Waals surface area contributed by atoms with Gasteiger partial charge in [0.25, 0.3) is 0 Å². The summed E-state index contributed by atoms with van der Waals surface area (Å²) in [6, 6.07) is 18.7. The minimum atomic E-state index is 0.187. The van der Waals surface area contributed by atoms with Gasteiger partial charge >= 0.3 is 0 Å². The molecule has 4 nitrogen and oxygen atoms in total. The summed E-state index contributed by atoms with van der Waals surface area (Å²) in [6.07, 6.45) is 2.02. The molecule has 0 unspecified atom stereocenters. The summed E-state index contributed by atoms with van der Waals surface area (Å²) in [7, 11) is 0. The van der Waals surface area contributed by atoms with Crippen molar-refractivity contribution < 1.29 is 4.79 Å². The predicted octanol–water partition coefficient (Wildman–Crippen LogP) is 4.58. The van der Waals surface area contributed by atoms with E-state index in [0.29, 0.717) is 19.0 Å². The highest BCUT2D eigenvalue weighted by atomic mass is 35.5. The first-order valence-corrected chi connectivity index (χ1v) is 11.4. The molecule has 1 heterocycles. The Bertz CT molecular complexity index is 771. The van der Waals surface area contributed by atoms with Gasteiger partial charge < -0.3 is 10.2 Å². The Morgan fingerprint density at radius 2 is 1.73 bits per heavy atom. The molecular weight excluding hydrogens is 394 g/mol. The molecule has 0 aromatic heterocycles. The van der Waals surface area contributed by atoms with Crippen LogP contribution in [0, 0.1) is 5.92 Å². The molecule has 1 N–H and O–H groups in total. The van der Waals surface area contributed by atoms with Crippen LogP contribution in [0.5, 0.6) is 0 Å². The monoisotopic (exact) mass is 427 g/mol. The molecule has 1 aliphatic rings. The summed E-state index contributed by atoms with van der Waals surface area (Å²) in [5.41, 5.74) is 2.48. The van der Waals surface area contributed by atoms with Crippen LogP contribution < -0.4 is 5.32 Å². The van der Waals surface area contributed by atoms with Crippen molar-refractivity contribution in [2.45, 2.75) is 45.8 Å². The first-order valence-electron chi connectivity index (χ1n) is 11.0. The molecule has 5 heteroatoms. The zero-order valence-corrected chi connectivity index (χ0v) is 18.9. The van der Waals surface area contributed by atoms with E-state index >= 15 is 0 Å². The second kappa shape index (κ2) is 11.5. The number of piperidine rings is 1. The first-order chi connectivity index (χ1) is 14.5. The van der Waals surface area contributed by atoms with Gasteiger partial charge in [0.2, 0.25) is 5.91 Å². The van der Waals surface area contributed by atoms with Crippen molar-refractivity contribution in [2.24, 2.45) is 5.92 Å². The van der Waals surface area contributed by atoms with E-state index in [4.69, 9.17) is 11.6 Å². The Kier molecular flexibility index (Phi) is 8.74. The maximum Gasteiger partial charge on any atom is 0.237 e. The molecule has 3 rings (SSSR count). The lowest BCUT2D eigenvalue weighted by Crippen LogP contribution is -2.49. The number of amides is 1. The number of nitrogens with one attached hydrogen (secondary N) is 1. The molecule has 1 aliphatic heterocycles. The highest BCUT2D eigenvalue weighted by Crippen LogP contribution is 2.21. The second-order valence-corrected chi connectivity index (χ2v) is 9.10. The number of hydrogen-bond donors (Lipinski definition) is 1. The van der Waals surface area contributed by atoms with Crippen molar-refractivity contribution in [3.63, 3.8) is 0 Å². The molecule has 0 spiro atoms. The fourth-order valence-corrected chi connectivity index (χ4v) is 4.13. The Hall–Kier alpha value is -1.88. The van der Waals surface area contributed by atoms with Crippen LogP contribution in [0.4, 0.5) is 0 Å². The lowest BCUT2D eigenvalue weighted by molar-refractivity contribution is -0.134. The van der Waals surface area contributed by atoms with Crippen LogP contribution >= 0.6 is 11.6 Å². The summed E-state index contributed by atoms with van der Waals surface area (Å²) >= 11 is 6.04. The highest BCUT2D eigenvalue weighted by Gasteiger charge is 2.28. The van der Waals surface area contributed by atoms with E-state index in [2.05, 4.69) is 59.3 Å². The standard InChI is InChI=1S/C25H34ClN3O/c1-20(2)16-27-17-25(30)29(19-22-8-10-23(26)11-9-22)24-12-14-28(15-13-24)18-21-6-4-3-5-7-21/h3-11,20,24,27H,12-19H2,1-2H3. The minimum Gasteiger partial charge on any atom is -0.334 e. The lowest BCUT2D eigenvalue weighted by atomic mass is 10.0. The third kappa shape index (κ3) is 7.12. The van der Waals surface area contributed by atoms with Crippen LogP contribution in [-0.2, 0) is 17.9 Å². The van der Waals surface area contributed by atoms with E-state index in [1.165, 1.54) is 5.56 Å². The first kappa shape index (κ1) is 22.8. The number of nitrogens with zero attached hydrogens (tertiary/aromatic N) is 2. The molecule has 162 valence electrons. The van der Waals surface area contributed by atoms with Crippen LogP contribution in [-0.4, -0.2) is 47.9 Å². The highest BCUT2D eigenvalue weighted by molar-refractivity contribution is 6.30. The normalized spacial score (nSPS) is 15.5. The van der Waals surface area contributed by atoms with Gasteiger partial charge in [-0.15, -0.1) is 0 Å². The largest absolute Gasteiger partial charge is 0.334 e. The van der Waals surface area contributed by atoms with Gasteiger partial charge in [-0.1, -0.05) is 67.9 Å². The smallest absolute Gasteiger partial charge is 0.237 e. The number of rotatable bonds is 9. The van der Waals surface area contributed by atoms with E-state index in [1.54, 1.807) is 0 Å². The summed E-state index contributed by atoms with van der Waals surface area (Å²) in [6.45, 7) is 9.23. The summed E-state index contributed by atoms with van der Waals surface area (Å²) in [4.78, 5) is 17.7. The van der Waals surface area contributed by atoms with Gasteiger partial charge in [0.1, 0.15) is 0 Å². The van der Waals surface area contributed by atoms with Crippen LogP contribution in [0.25, 0.3) is 0 Å². The summed E-state index contributed by atoms with van der Waals surface area (Å²) < 4.78 is 0. The molecule has 2 aromatic rings. The number of benzene rings is 2. The molecule has 0 saturated carbocycles. The quantitative estimate of drug-likeness (QED) is 0.636. The molecule has 0 bridgehead atoms. The number of likely N-dealkylation sites (tertiary alicyclic amines) is 1. The van der Waals surface area contributed by atoms with Crippen molar-refractivity contribution in [1.29, 1.82) is 0 Å².